The third-order valence-electron chi connectivity index (χ3n) is 4.73. The minimum Gasteiger partial charge on any atom is -0.465 e. The third kappa shape index (κ3) is 3.59. The standard InChI is InChI=1S/C16H25N3O4S/c1-3-6-17-16(20)19-8-7-18(9-13-5-4-12(2)23-13)14-10-24(21,22)11-15(14)19/h4-5,14-15H,3,6-11H2,1-2H3,(H,17,20)/t14-,15+/m0/s1. The van der Waals surface area contributed by atoms with E-state index in [1.54, 1.807) is 4.90 Å². The van der Waals surface area contributed by atoms with Gasteiger partial charge in [-0.1, -0.05) is 6.92 Å². The molecule has 7 nitrogen and oxygen atoms in total. The zero-order valence-corrected chi connectivity index (χ0v) is 15.0. The van der Waals surface area contributed by atoms with Crippen molar-refractivity contribution in [2.24, 2.45) is 0 Å². The summed E-state index contributed by atoms with van der Waals surface area (Å²) in [5.74, 6) is 1.83. The van der Waals surface area contributed by atoms with Gasteiger partial charge >= 0.3 is 6.03 Å². The van der Waals surface area contributed by atoms with Crippen LogP contribution in [0.15, 0.2) is 16.5 Å². The molecular weight excluding hydrogens is 330 g/mol. The van der Waals surface area contributed by atoms with Gasteiger partial charge in [-0.15, -0.1) is 0 Å². The average Bonchev–Trinajstić information content (AvgIpc) is 3.07. The number of hydrogen-bond donors (Lipinski definition) is 1. The Bertz CT molecular complexity index is 700. The fourth-order valence-electron chi connectivity index (χ4n) is 3.58. The first kappa shape index (κ1) is 17.3. The maximum Gasteiger partial charge on any atom is 0.317 e. The lowest BCUT2D eigenvalue weighted by Gasteiger charge is -2.43. The summed E-state index contributed by atoms with van der Waals surface area (Å²) >= 11 is 0. The maximum atomic E-state index is 12.4. The minimum absolute atomic E-state index is 0.0465. The van der Waals surface area contributed by atoms with Gasteiger partial charge in [0.1, 0.15) is 11.5 Å². The smallest absolute Gasteiger partial charge is 0.317 e. The molecule has 0 saturated carbocycles. The van der Waals surface area contributed by atoms with Crippen LogP contribution in [0, 0.1) is 6.92 Å². The molecule has 2 amide bonds. The van der Waals surface area contributed by atoms with Crippen molar-refractivity contribution in [2.75, 3.05) is 31.1 Å². The molecule has 3 rings (SSSR count). The van der Waals surface area contributed by atoms with Gasteiger partial charge in [0.15, 0.2) is 9.84 Å². The predicted octanol–water partition coefficient (Wildman–Crippen LogP) is 0.991. The molecular formula is C16H25N3O4S. The summed E-state index contributed by atoms with van der Waals surface area (Å²) in [6.07, 6.45) is 0.857. The van der Waals surface area contributed by atoms with Crippen molar-refractivity contribution >= 4 is 15.9 Å². The molecule has 134 valence electrons. The highest BCUT2D eigenvalue weighted by Crippen LogP contribution is 2.28. The molecule has 1 N–H and O–H groups in total. The molecule has 2 atom stereocenters. The van der Waals surface area contributed by atoms with Crippen molar-refractivity contribution in [3.8, 4) is 0 Å². The quantitative estimate of drug-likeness (QED) is 0.871. The molecule has 8 heteroatoms. The summed E-state index contributed by atoms with van der Waals surface area (Å²) in [7, 11) is -3.13. The van der Waals surface area contributed by atoms with Crippen molar-refractivity contribution in [1.29, 1.82) is 0 Å². The van der Waals surface area contributed by atoms with Crippen LogP contribution in [0.2, 0.25) is 0 Å². The second-order valence-corrected chi connectivity index (χ2v) is 8.77. The van der Waals surface area contributed by atoms with Crippen LogP contribution in [-0.4, -0.2) is 67.5 Å². The van der Waals surface area contributed by atoms with Gasteiger partial charge in [0, 0.05) is 25.7 Å². The van der Waals surface area contributed by atoms with E-state index in [1.165, 1.54) is 0 Å². The number of fused-ring (bicyclic) bond motifs is 1. The van der Waals surface area contributed by atoms with Gasteiger partial charge in [0.25, 0.3) is 0 Å². The van der Waals surface area contributed by atoms with Crippen LogP contribution < -0.4 is 5.32 Å². The number of carbonyl (C=O) groups excluding carboxylic acids is 1. The van der Waals surface area contributed by atoms with E-state index in [2.05, 4.69) is 10.2 Å². The van der Waals surface area contributed by atoms with Crippen LogP contribution in [0.1, 0.15) is 24.9 Å². The monoisotopic (exact) mass is 355 g/mol. The summed E-state index contributed by atoms with van der Waals surface area (Å²) in [4.78, 5) is 16.2. The van der Waals surface area contributed by atoms with E-state index in [0.717, 1.165) is 17.9 Å². The Labute approximate surface area is 142 Å². The number of aryl methyl sites for hydroxylation is 1. The van der Waals surface area contributed by atoms with E-state index in [0.29, 0.717) is 26.2 Å². The first-order chi connectivity index (χ1) is 11.4. The molecule has 0 aromatic carbocycles. The van der Waals surface area contributed by atoms with Crippen LogP contribution in [0.5, 0.6) is 0 Å². The van der Waals surface area contributed by atoms with E-state index >= 15 is 0 Å². The van der Waals surface area contributed by atoms with Gasteiger partial charge in [0.05, 0.1) is 24.1 Å². The fourth-order valence-corrected chi connectivity index (χ4v) is 5.59. The predicted molar refractivity (Wildman–Crippen MR) is 90.5 cm³/mol. The van der Waals surface area contributed by atoms with Crippen molar-refractivity contribution < 1.29 is 17.6 Å². The highest BCUT2D eigenvalue weighted by molar-refractivity contribution is 7.91. The van der Waals surface area contributed by atoms with Crippen molar-refractivity contribution in [3.63, 3.8) is 0 Å². The Morgan fingerprint density at radius 2 is 2.04 bits per heavy atom. The lowest BCUT2D eigenvalue weighted by atomic mass is 10.0. The first-order valence-corrected chi connectivity index (χ1v) is 10.3. The number of amides is 2. The summed E-state index contributed by atoms with van der Waals surface area (Å²) < 4.78 is 30.0. The molecule has 1 aromatic rings. The highest BCUT2D eigenvalue weighted by atomic mass is 32.2. The van der Waals surface area contributed by atoms with Crippen molar-refractivity contribution in [3.05, 3.63) is 23.7 Å². The van der Waals surface area contributed by atoms with Crippen LogP contribution in [0.4, 0.5) is 4.79 Å². The molecule has 0 spiro atoms. The largest absolute Gasteiger partial charge is 0.465 e. The third-order valence-corrected chi connectivity index (χ3v) is 6.43. The van der Waals surface area contributed by atoms with Crippen molar-refractivity contribution in [2.45, 2.75) is 38.9 Å². The molecule has 24 heavy (non-hydrogen) atoms. The minimum atomic E-state index is -3.13. The SMILES string of the molecule is CCCNC(=O)N1CCN(Cc2ccc(C)o2)[C@H]2CS(=O)(=O)C[C@H]21. The Balaban J connectivity index is 1.76. The Morgan fingerprint density at radius 3 is 2.71 bits per heavy atom. The average molecular weight is 355 g/mol. The number of piperazine rings is 1. The number of urea groups is 1. The van der Waals surface area contributed by atoms with Gasteiger partial charge in [0.2, 0.25) is 0 Å². The Kier molecular flexibility index (Phi) is 4.87. The van der Waals surface area contributed by atoms with Gasteiger partial charge < -0.3 is 14.6 Å². The van der Waals surface area contributed by atoms with Gasteiger partial charge in [-0.2, -0.15) is 0 Å². The van der Waals surface area contributed by atoms with Crippen LogP contribution in [0.3, 0.4) is 0 Å². The second kappa shape index (κ2) is 6.76. The van der Waals surface area contributed by atoms with Gasteiger partial charge in [-0.25, -0.2) is 13.2 Å². The number of rotatable bonds is 4. The lowest BCUT2D eigenvalue weighted by Crippen LogP contribution is -2.62. The molecule has 2 saturated heterocycles. The maximum absolute atomic E-state index is 12.4. The van der Waals surface area contributed by atoms with Crippen LogP contribution in [0.25, 0.3) is 0 Å². The van der Waals surface area contributed by atoms with E-state index < -0.39 is 9.84 Å². The second-order valence-electron chi connectivity index (χ2n) is 6.62. The molecule has 3 heterocycles. The van der Waals surface area contributed by atoms with E-state index in [-0.39, 0.29) is 29.6 Å². The molecule has 0 radical (unpaired) electrons. The normalized spacial score (nSPS) is 26.3. The number of hydrogen-bond acceptors (Lipinski definition) is 5. The summed E-state index contributed by atoms with van der Waals surface area (Å²) in [6.45, 7) is 6.25. The molecule has 2 fully saturated rings. The number of nitrogens with one attached hydrogen (secondary N) is 1. The molecule has 1 aromatic heterocycles. The van der Waals surface area contributed by atoms with Crippen molar-refractivity contribution in [1.82, 2.24) is 15.1 Å². The molecule has 0 unspecified atom stereocenters. The zero-order chi connectivity index (χ0) is 17.3. The number of sulfone groups is 1. The highest BCUT2D eigenvalue weighted by Gasteiger charge is 2.48. The zero-order valence-electron chi connectivity index (χ0n) is 14.2. The summed E-state index contributed by atoms with van der Waals surface area (Å²) in [6, 6.07) is 3.23. The first-order valence-electron chi connectivity index (χ1n) is 8.44. The van der Waals surface area contributed by atoms with Crippen LogP contribution in [-0.2, 0) is 16.4 Å². The number of carbonyl (C=O) groups is 1. The molecule has 0 aliphatic carbocycles. The number of nitrogens with zero attached hydrogens (tertiary/aromatic N) is 2. The Hall–Kier alpha value is -1.54. The Morgan fingerprint density at radius 1 is 1.29 bits per heavy atom. The summed E-state index contributed by atoms with van der Waals surface area (Å²) in [5, 5.41) is 2.87. The van der Waals surface area contributed by atoms with Gasteiger partial charge in [-0.3, -0.25) is 4.90 Å². The molecule has 2 aliphatic rings. The molecule has 0 bridgehead atoms. The summed E-state index contributed by atoms with van der Waals surface area (Å²) in [5.41, 5.74) is 0. The van der Waals surface area contributed by atoms with Gasteiger partial charge in [-0.05, 0) is 25.5 Å². The van der Waals surface area contributed by atoms with E-state index in [9.17, 15) is 13.2 Å². The fraction of sp³-hybridized carbons (Fsp3) is 0.688. The topological polar surface area (TPSA) is 82.9 Å². The van der Waals surface area contributed by atoms with Crippen LogP contribution >= 0.6 is 0 Å². The molecule has 2 aliphatic heterocycles. The van der Waals surface area contributed by atoms with E-state index in [1.807, 2.05) is 26.0 Å². The lowest BCUT2D eigenvalue weighted by molar-refractivity contribution is 0.0562. The van der Waals surface area contributed by atoms with E-state index in [4.69, 9.17) is 4.42 Å². The number of furan rings is 1.